The molecule has 2 aromatic carbocycles. The number of rotatable bonds is 4. The second-order valence-corrected chi connectivity index (χ2v) is 6.19. The first-order valence-electron chi connectivity index (χ1n) is 7.72. The molecule has 23 heavy (non-hydrogen) atoms. The Hall–Kier alpha value is -2.33. The number of carbonyl (C=O) groups is 1. The normalized spacial score (nSPS) is 24.0. The molecule has 0 spiro atoms. The van der Waals surface area contributed by atoms with Gasteiger partial charge in [-0.3, -0.25) is 4.79 Å². The maximum Gasteiger partial charge on any atom is 0.255 e. The monoisotopic (exact) mass is 311 g/mol. The summed E-state index contributed by atoms with van der Waals surface area (Å²) in [6, 6.07) is 17.4. The summed E-state index contributed by atoms with van der Waals surface area (Å²) in [4.78, 5) is 14.4. The molecule has 120 valence electrons. The molecule has 0 aromatic heterocycles. The first-order chi connectivity index (χ1) is 11.0. The Balaban J connectivity index is 1.88. The van der Waals surface area contributed by atoms with E-state index in [1.165, 1.54) is 0 Å². The first-order valence-corrected chi connectivity index (χ1v) is 7.72. The van der Waals surface area contributed by atoms with Gasteiger partial charge in [0.05, 0.1) is 13.2 Å². The highest BCUT2D eigenvalue weighted by Crippen LogP contribution is 2.39. The second kappa shape index (κ2) is 6.05. The Morgan fingerprint density at radius 1 is 1.17 bits per heavy atom. The van der Waals surface area contributed by atoms with Crippen LogP contribution in [0.5, 0.6) is 5.75 Å². The van der Waals surface area contributed by atoms with Crippen molar-refractivity contribution in [2.75, 3.05) is 7.11 Å². The van der Waals surface area contributed by atoms with Gasteiger partial charge in [0, 0.05) is 13.0 Å². The SMILES string of the molecule is COc1ccc(CN2C(=O)[C@](C)(O)C[C@H]2c2ccccc2)cc1. The summed E-state index contributed by atoms with van der Waals surface area (Å²) in [5.74, 6) is 0.565. The summed E-state index contributed by atoms with van der Waals surface area (Å²) >= 11 is 0. The van der Waals surface area contributed by atoms with E-state index in [0.717, 1.165) is 16.9 Å². The molecule has 0 bridgehead atoms. The molecule has 0 aliphatic carbocycles. The Bertz CT molecular complexity index is 680. The van der Waals surface area contributed by atoms with Crippen LogP contribution in [0.2, 0.25) is 0 Å². The van der Waals surface area contributed by atoms with Crippen LogP contribution < -0.4 is 4.74 Å². The second-order valence-electron chi connectivity index (χ2n) is 6.19. The number of amides is 1. The number of hydrogen-bond acceptors (Lipinski definition) is 3. The molecule has 0 unspecified atom stereocenters. The fourth-order valence-corrected chi connectivity index (χ4v) is 3.11. The lowest BCUT2D eigenvalue weighted by molar-refractivity contribution is -0.142. The zero-order chi connectivity index (χ0) is 16.4. The molecule has 1 fully saturated rings. The van der Waals surface area contributed by atoms with Crippen molar-refractivity contribution in [2.45, 2.75) is 31.5 Å². The van der Waals surface area contributed by atoms with Crippen LogP contribution in [0.25, 0.3) is 0 Å². The molecule has 0 radical (unpaired) electrons. The zero-order valence-electron chi connectivity index (χ0n) is 13.4. The molecule has 1 N–H and O–H groups in total. The zero-order valence-corrected chi connectivity index (χ0v) is 13.4. The van der Waals surface area contributed by atoms with E-state index in [1.54, 1.807) is 18.9 Å². The molecule has 1 aliphatic heterocycles. The number of benzene rings is 2. The fraction of sp³-hybridized carbons (Fsp3) is 0.316. The predicted octanol–water partition coefficient (Wildman–Crippen LogP) is 2.92. The summed E-state index contributed by atoms with van der Waals surface area (Å²) in [6.07, 6.45) is 0.409. The summed E-state index contributed by atoms with van der Waals surface area (Å²) in [6.45, 7) is 2.07. The highest BCUT2D eigenvalue weighted by molar-refractivity contribution is 5.87. The van der Waals surface area contributed by atoms with Crippen LogP contribution >= 0.6 is 0 Å². The number of ether oxygens (including phenoxy) is 1. The van der Waals surface area contributed by atoms with Crippen molar-refractivity contribution in [1.29, 1.82) is 0 Å². The van der Waals surface area contributed by atoms with Crippen LogP contribution in [0.3, 0.4) is 0 Å². The molecule has 1 aliphatic rings. The van der Waals surface area contributed by atoms with E-state index in [0.29, 0.717) is 13.0 Å². The van der Waals surface area contributed by atoms with Crippen LogP contribution in [0.15, 0.2) is 54.6 Å². The van der Waals surface area contributed by atoms with Crippen molar-refractivity contribution >= 4 is 5.91 Å². The van der Waals surface area contributed by atoms with E-state index >= 15 is 0 Å². The standard InChI is InChI=1S/C19H21NO3/c1-19(22)12-17(15-6-4-3-5-7-15)20(18(19)21)13-14-8-10-16(23-2)11-9-14/h3-11,17,22H,12-13H2,1-2H3/t17-,19+/m0/s1. The lowest BCUT2D eigenvalue weighted by atomic mass is 9.98. The van der Waals surface area contributed by atoms with E-state index in [1.807, 2.05) is 54.6 Å². The van der Waals surface area contributed by atoms with Crippen LogP contribution in [0.1, 0.15) is 30.5 Å². The van der Waals surface area contributed by atoms with E-state index in [2.05, 4.69) is 0 Å². The maximum atomic E-state index is 12.6. The van der Waals surface area contributed by atoms with E-state index in [9.17, 15) is 9.90 Å². The average Bonchev–Trinajstić information content (AvgIpc) is 2.80. The summed E-state index contributed by atoms with van der Waals surface area (Å²) in [7, 11) is 1.63. The number of nitrogens with zero attached hydrogens (tertiary/aromatic N) is 1. The van der Waals surface area contributed by atoms with Crippen molar-refractivity contribution in [2.24, 2.45) is 0 Å². The maximum absolute atomic E-state index is 12.6. The molecule has 0 saturated carbocycles. The van der Waals surface area contributed by atoms with Gasteiger partial charge in [-0.1, -0.05) is 42.5 Å². The molecule has 2 aromatic rings. The van der Waals surface area contributed by atoms with Crippen molar-refractivity contribution in [3.8, 4) is 5.75 Å². The minimum Gasteiger partial charge on any atom is -0.497 e. The largest absolute Gasteiger partial charge is 0.497 e. The summed E-state index contributed by atoms with van der Waals surface area (Å²) in [5.41, 5.74) is 0.748. The lowest BCUT2D eigenvalue weighted by Gasteiger charge is -2.25. The van der Waals surface area contributed by atoms with Gasteiger partial charge in [0.1, 0.15) is 11.4 Å². The molecular formula is C19H21NO3. The van der Waals surface area contributed by atoms with Crippen LogP contribution in [-0.2, 0) is 11.3 Å². The number of carbonyl (C=O) groups excluding carboxylic acids is 1. The summed E-state index contributed by atoms with van der Waals surface area (Å²) < 4.78 is 5.16. The molecule has 2 atom stereocenters. The minimum absolute atomic E-state index is 0.110. The van der Waals surface area contributed by atoms with Gasteiger partial charge in [0.2, 0.25) is 0 Å². The highest BCUT2D eigenvalue weighted by Gasteiger charge is 2.47. The molecule has 1 heterocycles. The number of likely N-dealkylation sites (tertiary alicyclic amines) is 1. The third kappa shape index (κ3) is 3.08. The Morgan fingerprint density at radius 3 is 2.43 bits per heavy atom. The van der Waals surface area contributed by atoms with Gasteiger partial charge in [-0.15, -0.1) is 0 Å². The van der Waals surface area contributed by atoms with Crippen molar-refractivity contribution in [3.05, 3.63) is 65.7 Å². The highest BCUT2D eigenvalue weighted by atomic mass is 16.5. The Morgan fingerprint density at radius 2 is 1.83 bits per heavy atom. The van der Waals surface area contributed by atoms with Gasteiger partial charge >= 0.3 is 0 Å². The van der Waals surface area contributed by atoms with Crippen LogP contribution in [0, 0.1) is 0 Å². The minimum atomic E-state index is -1.31. The molecule has 4 nitrogen and oxygen atoms in total. The quantitative estimate of drug-likeness (QED) is 0.944. The topological polar surface area (TPSA) is 49.8 Å². The third-order valence-electron chi connectivity index (χ3n) is 4.38. The van der Waals surface area contributed by atoms with Gasteiger partial charge in [-0.25, -0.2) is 0 Å². The van der Waals surface area contributed by atoms with E-state index in [4.69, 9.17) is 4.74 Å². The van der Waals surface area contributed by atoms with Gasteiger partial charge in [0.25, 0.3) is 5.91 Å². The van der Waals surface area contributed by atoms with E-state index in [-0.39, 0.29) is 11.9 Å². The van der Waals surface area contributed by atoms with Crippen molar-refractivity contribution < 1.29 is 14.6 Å². The average molecular weight is 311 g/mol. The van der Waals surface area contributed by atoms with Crippen LogP contribution in [-0.4, -0.2) is 28.6 Å². The van der Waals surface area contributed by atoms with Crippen LogP contribution in [0.4, 0.5) is 0 Å². The predicted molar refractivity (Wildman–Crippen MR) is 88.0 cm³/mol. The van der Waals surface area contributed by atoms with Gasteiger partial charge in [-0.2, -0.15) is 0 Å². The fourth-order valence-electron chi connectivity index (χ4n) is 3.11. The van der Waals surface area contributed by atoms with E-state index < -0.39 is 5.60 Å². The molecule has 4 heteroatoms. The van der Waals surface area contributed by atoms with Gasteiger partial charge < -0.3 is 14.7 Å². The number of aliphatic hydroxyl groups is 1. The molecule has 3 rings (SSSR count). The third-order valence-corrected chi connectivity index (χ3v) is 4.38. The van der Waals surface area contributed by atoms with Crippen molar-refractivity contribution in [1.82, 2.24) is 4.90 Å². The first kappa shape index (κ1) is 15.6. The Kier molecular flexibility index (Phi) is 4.09. The summed E-state index contributed by atoms with van der Waals surface area (Å²) in [5, 5.41) is 10.4. The van der Waals surface area contributed by atoms with Gasteiger partial charge in [0.15, 0.2) is 0 Å². The van der Waals surface area contributed by atoms with Gasteiger partial charge in [-0.05, 0) is 30.2 Å². The molecule has 1 saturated heterocycles. The molecule has 1 amide bonds. The molecular weight excluding hydrogens is 290 g/mol. The number of hydrogen-bond donors (Lipinski definition) is 1. The number of methoxy groups -OCH3 is 1. The lowest BCUT2D eigenvalue weighted by Crippen LogP contribution is -2.37. The smallest absolute Gasteiger partial charge is 0.255 e. The van der Waals surface area contributed by atoms with Crippen molar-refractivity contribution in [3.63, 3.8) is 0 Å². The Labute approximate surface area is 136 Å².